The predicted molar refractivity (Wildman–Crippen MR) is 31.7 cm³/mol. The molecular weight excluding hydrogens is 120 g/mol. The van der Waals surface area contributed by atoms with Gasteiger partial charge in [0.1, 0.15) is 0 Å². The van der Waals surface area contributed by atoms with E-state index in [1.165, 1.54) is 6.92 Å². The minimum Gasteiger partial charge on any atom is -0.874 e. The van der Waals surface area contributed by atoms with Crippen LogP contribution in [0.3, 0.4) is 0 Å². The van der Waals surface area contributed by atoms with Gasteiger partial charge in [-0.15, -0.1) is 5.76 Å². The molecule has 1 rings (SSSR count). The first-order valence-electron chi connectivity index (χ1n) is 2.37. The van der Waals surface area contributed by atoms with Crippen LogP contribution in [0.1, 0.15) is 6.92 Å². The Morgan fingerprint density at radius 1 is 1.67 bits per heavy atom. The van der Waals surface area contributed by atoms with E-state index in [1.54, 1.807) is 0 Å². The molecule has 4 heteroatoms. The van der Waals surface area contributed by atoms with Crippen LogP contribution in [-0.2, 0) is 4.79 Å². The van der Waals surface area contributed by atoms with E-state index < -0.39 is 0 Å². The number of quaternary nitrogens is 1. The summed E-state index contributed by atoms with van der Waals surface area (Å²) in [4.78, 5) is 10.4. The number of carbonyl (C=O) groups excluding carboxylic acids is 1. The monoisotopic (exact) mass is 130 g/mol. The first-order valence-corrected chi connectivity index (χ1v) is 2.37. The summed E-state index contributed by atoms with van der Waals surface area (Å²) in [5.41, 5.74) is 0.324. The van der Waals surface area contributed by atoms with Crippen molar-refractivity contribution in [3.8, 4) is 0 Å². The predicted octanol–water partition coefficient (Wildman–Crippen LogP) is -0.873. The van der Waals surface area contributed by atoms with Gasteiger partial charge in [-0.25, -0.2) is 0 Å². The van der Waals surface area contributed by atoms with E-state index in [9.17, 15) is 9.90 Å². The summed E-state index contributed by atoms with van der Waals surface area (Å²) in [7, 11) is 0. The van der Waals surface area contributed by atoms with Crippen molar-refractivity contribution < 1.29 is 9.90 Å². The van der Waals surface area contributed by atoms with Crippen LogP contribution in [0.4, 0.5) is 0 Å². The molecular formula is C5H10N2O2. The van der Waals surface area contributed by atoms with Crippen molar-refractivity contribution in [2.75, 3.05) is 6.54 Å². The molecule has 0 unspecified atom stereocenters. The molecule has 0 aromatic heterocycles. The first kappa shape index (κ1) is 7.97. The molecule has 0 radical (unpaired) electrons. The number of nitrogens with one attached hydrogen (secondary N) is 1. The summed E-state index contributed by atoms with van der Waals surface area (Å²) >= 11 is 0. The van der Waals surface area contributed by atoms with E-state index in [0.717, 1.165) is 0 Å². The summed E-state index contributed by atoms with van der Waals surface area (Å²) in [5.74, 6) is -0.315. The summed E-state index contributed by atoms with van der Waals surface area (Å²) in [6.45, 7) is 1.72. The fourth-order valence-corrected chi connectivity index (χ4v) is 0.552. The highest BCUT2D eigenvalue weighted by atomic mass is 16.3. The van der Waals surface area contributed by atoms with Crippen LogP contribution in [0.5, 0.6) is 0 Å². The summed E-state index contributed by atoms with van der Waals surface area (Å²) < 4.78 is 0. The lowest BCUT2D eigenvalue weighted by Crippen LogP contribution is -2.18. The van der Waals surface area contributed by atoms with Gasteiger partial charge in [-0.1, -0.05) is 0 Å². The number of hydrogen-bond acceptors (Lipinski definition) is 2. The number of rotatable bonds is 0. The van der Waals surface area contributed by atoms with Gasteiger partial charge in [0.15, 0.2) is 0 Å². The average Bonchev–Trinajstić information content (AvgIpc) is 1.98. The quantitative estimate of drug-likeness (QED) is 0.446. The Morgan fingerprint density at radius 2 is 2.22 bits per heavy atom. The zero-order chi connectivity index (χ0) is 6.15. The Bertz CT molecular complexity index is 162. The lowest BCUT2D eigenvalue weighted by molar-refractivity contribution is -0.303. The van der Waals surface area contributed by atoms with E-state index in [0.29, 0.717) is 5.57 Å². The molecule has 0 saturated heterocycles. The molecule has 0 saturated carbocycles. The molecule has 0 fully saturated rings. The van der Waals surface area contributed by atoms with E-state index in [-0.39, 0.29) is 24.4 Å². The van der Waals surface area contributed by atoms with Crippen LogP contribution < -0.4 is 16.6 Å². The Morgan fingerprint density at radius 3 is 2.33 bits per heavy atom. The lowest BCUT2D eigenvalue weighted by atomic mass is 10.3. The number of amides is 1. The zero-order valence-corrected chi connectivity index (χ0v) is 5.52. The van der Waals surface area contributed by atoms with Crippen LogP contribution in [0.25, 0.3) is 0 Å². The topological polar surface area (TPSA) is 88.7 Å². The second kappa shape index (κ2) is 2.50. The minimum absolute atomic E-state index is 0. The molecule has 5 N–H and O–H groups in total. The summed E-state index contributed by atoms with van der Waals surface area (Å²) in [5, 5.41) is 12.9. The van der Waals surface area contributed by atoms with Crippen molar-refractivity contribution in [3.05, 3.63) is 11.3 Å². The van der Waals surface area contributed by atoms with E-state index in [2.05, 4.69) is 5.32 Å². The standard InChI is InChI=1S/C5H7NO2.H3N/c1-3-4(7)2-6-5(3)8;/h7H,2H2,1H3,(H,6,8);1H3. The van der Waals surface area contributed by atoms with Crippen LogP contribution in [0.2, 0.25) is 0 Å². The van der Waals surface area contributed by atoms with Crippen molar-refractivity contribution in [1.29, 1.82) is 0 Å². The lowest BCUT2D eigenvalue weighted by Gasteiger charge is -2.01. The minimum atomic E-state index is -0.227. The fourth-order valence-electron chi connectivity index (χ4n) is 0.552. The number of hydrogen-bond donors (Lipinski definition) is 2. The Hall–Kier alpha value is -1.03. The summed E-state index contributed by atoms with van der Waals surface area (Å²) in [6, 6.07) is 0. The molecule has 1 amide bonds. The van der Waals surface area contributed by atoms with E-state index >= 15 is 0 Å². The van der Waals surface area contributed by atoms with Crippen LogP contribution in [0, 0.1) is 0 Å². The largest absolute Gasteiger partial charge is 0.874 e. The molecule has 0 spiro atoms. The van der Waals surface area contributed by atoms with Gasteiger partial charge in [-0.3, -0.25) is 4.79 Å². The molecule has 1 aliphatic rings. The van der Waals surface area contributed by atoms with Gasteiger partial charge in [-0.2, -0.15) is 0 Å². The van der Waals surface area contributed by atoms with Crippen molar-refractivity contribution in [3.63, 3.8) is 0 Å². The normalized spacial score (nSPS) is 17.2. The highest BCUT2D eigenvalue weighted by molar-refractivity contribution is 5.95. The van der Waals surface area contributed by atoms with Gasteiger partial charge < -0.3 is 16.6 Å². The Balaban J connectivity index is 0.000000640. The van der Waals surface area contributed by atoms with Gasteiger partial charge in [0, 0.05) is 12.1 Å². The highest BCUT2D eigenvalue weighted by Gasteiger charge is 2.09. The third kappa shape index (κ3) is 1.20. The molecule has 0 bridgehead atoms. The van der Waals surface area contributed by atoms with E-state index in [4.69, 9.17) is 0 Å². The second-order valence-electron chi connectivity index (χ2n) is 1.73. The smallest absolute Gasteiger partial charge is 0.246 e. The average molecular weight is 130 g/mol. The molecule has 0 aromatic carbocycles. The zero-order valence-electron chi connectivity index (χ0n) is 5.52. The molecule has 1 aliphatic heterocycles. The maximum Gasteiger partial charge on any atom is 0.246 e. The van der Waals surface area contributed by atoms with E-state index in [1.807, 2.05) is 0 Å². The van der Waals surface area contributed by atoms with Gasteiger partial charge in [0.2, 0.25) is 5.91 Å². The molecule has 4 nitrogen and oxygen atoms in total. The SMILES string of the molecule is CC1=C([O-])CNC1=O.[NH4+]. The molecule has 0 atom stereocenters. The third-order valence-electron chi connectivity index (χ3n) is 1.17. The molecule has 1 heterocycles. The first-order chi connectivity index (χ1) is 3.72. The maximum atomic E-state index is 10.5. The van der Waals surface area contributed by atoms with Gasteiger partial charge in [-0.05, 0) is 6.92 Å². The van der Waals surface area contributed by atoms with Crippen molar-refractivity contribution in [1.82, 2.24) is 11.5 Å². The Kier molecular flexibility index (Phi) is 2.21. The highest BCUT2D eigenvalue weighted by Crippen LogP contribution is 2.02. The van der Waals surface area contributed by atoms with Gasteiger partial charge in [0.05, 0.1) is 0 Å². The van der Waals surface area contributed by atoms with Crippen molar-refractivity contribution in [2.24, 2.45) is 0 Å². The van der Waals surface area contributed by atoms with Crippen molar-refractivity contribution in [2.45, 2.75) is 6.92 Å². The third-order valence-corrected chi connectivity index (χ3v) is 1.17. The molecule has 0 aliphatic carbocycles. The van der Waals surface area contributed by atoms with Crippen molar-refractivity contribution >= 4 is 5.91 Å². The molecule has 9 heavy (non-hydrogen) atoms. The Labute approximate surface area is 53.1 Å². The van der Waals surface area contributed by atoms with Gasteiger partial charge in [0.25, 0.3) is 0 Å². The molecule has 0 aromatic rings. The summed E-state index contributed by atoms with van der Waals surface area (Å²) in [6.07, 6.45) is 0. The maximum absolute atomic E-state index is 10.5. The van der Waals surface area contributed by atoms with Gasteiger partial charge >= 0.3 is 0 Å². The van der Waals surface area contributed by atoms with Crippen LogP contribution in [-0.4, -0.2) is 12.5 Å². The van der Waals surface area contributed by atoms with Crippen LogP contribution >= 0.6 is 0 Å². The fraction of sp³-hybridized carbons (Fsp3) is 0.400. The van der Waals surface area contributed by atoms with Crippen LogP contribution in [0.15, 0.2) is 11.3 Å². The molecule has 52 valence electrons. The second-order valence-corrected chi connectivity index (χ2v) is 1.73. The number of carbonyl (C=O) groups is 1.